The van der Waals surface area contributed by atoms with Crippen molar-refractivity contribution in [2.24, 2.45) is 10.4 Å². The van der Waals surface area contributed by atoms with Crippen molar-refractivity contribution in [3.63, 3.8) is 0 Å². The molecular formula is C15H33IN4O3S. The molecule has 0 heterocycles. The van der Waals surface area contributed by atoms with Gasteiger partial charge in [-0.1, -0.05) is 6.42 Å². The van der Waals surface area contributed by atoms with Crippen LogP contribution in [0.4, 0.5) is 0 Å². The van der Waals surface area contributed by atoms with Crippen molar-refractivity contribution in [1.29, 1.82) is 0 Å². The van der Waals surface area contributed by atoms with Gasteiger partial charge in [-0.2, -0.15) is 0 Å². The molecule has 0 aromatic heterocycles. The molecule has 0 aromatic rings. The molecule has 1 rings (SSSR count). The van der Waals surface area contributed by atoms with E-state index in [9.17, 15) is 8.42 Å². The fraction of sp³-hybridized carbons (Fsp3) is 0.933. The number of methoxy groups -OCH3 is 1. The van der Waals surface area contributed by atoms with Gasteiger partial charge < -0.3 is 15.4 Å². The van der Waals surface area contributed by atoms with E-state index in [0.29, 0.717) is 13.1 Å². The minimum absolute atomic E-state index is 0. The summed E-state index contributed by atoms with van der Waals surface area (Å²) in [5.74, 6) is 0.843. The third-order valence-electron chi connectivity index (χ3n) is 4.29. The number of nitrogens with one attached hydrogen (secondary N) is 3. The molecule has 0 radical (unpaired) electrons. The van der Waals surface area contributed by atoms with E-state index in [2.05, 4.69) is 20.3 Å². The Hall–Kier alpha value is -0.130. The average Bonchev–Trinajstić information content (AvgIpc) is 2.50. The Morgan fingerprint density at radius 2 is 1.92 bits per heavy atom. The van der Waals surface area contributed by atoms with Crippen LogP contribution in [-0.2, 0) is 14.8 Å². The fourth-order valence-electron chi connectivity index (χ4n) is 2.56. The highest BCUT2D eigenvalue weighted by atomic mass is 127. The van der Waals surface area contributed by atoms with Crippen molar-refractivity contribution in [3.05, 3.63) is 0 Å². The van der Waals surface area contributed by atoms with Gasteiger partial charge in [0, 0.05) is 39.9 Å². The molecule has 7 nitrogen and oxygen atoms in total. The first-order chi connectivity index (χ1) is 11.0. The number of hydrogen-bond donors (Lipinski definition) is 3. The van der Waals surface area contributed by atoms with Gasteiger partial charge in [-0.05, 0) is 38.5 Å². The highest BCUT2D eigenvalue weighted by Crippen LogP contribution is 2.44. The predicted molar refractivity (Wildman–Crippen MR) is 110 cm³/mol. The molecule has 9 heteroatoms. The first-order valence-corrected chi connectivity index (χ1v) is 10.1. The van der Waals surface area contributed by atoms with Crippen LogP contribution in [0.2, 0.25) is 0 Å². The maximum absolute atomic E-state index is 11.4. The minimum atomic E-state index is -3.13. The molecule has 0 amide bonds. The number of rotatable bonds is 11. The normalized spacial score (nSPS) is 16.9. The monoisotopic (exact) mass is 476 g/mol. The van der Waals surface area contributed by atoms with Crippen molar-refractivity contribution >= 4 is 40.0 Å². The van der Waals surface area contributed by atoms with E-state index in [1.54, 1.807) is 14.0 Å². The van der Waals surface area contributed by atoms with Crippen LogP contribution < -0.4 is 15.4 Å². The van der Waals surface area contributed by atoms with Gasteiger partial charge in [0.05, 0.1) is 5.75 Å². The van der Waals surface area contributed by atoms with Crippen LogP contribution in [0.15, 0.2) is 4.99 Å². The van der Waals surface area contributed by atoms with Crippen molar-refractivity contribution in [3.8, 4) is 0 Å². The summed E-state index contributed by atoms with van der Waals surface area (Å²) >= 11 is 0. The fourth-order valence-corrected chi connectivity index (χ4v) is 3.18. The maximum Gasteiger partial charge on any atom is 0.211 e. The number of aliphatic imine (C=N–C) groups is 1. The van der Waals surface area contributed by atoms with E-state index >= 15 is 0 Å². The second-order valence-corrected chi connectivity index (χ2v) is 8.11. The molecule has 1 aliphatic rings. The molecule has 0 bridgehead atoms. The van der Waals surface area contributed by atoms with E-state index < -0.39 is 10.0 Å². The summed E-state index contributed by atoms with van der Waals surface area (Å²) in [4.78, 5) is 4.68. The summed E-state index contributed by atoms with van der Waals surface area (Å²) in [6.45, 7) is 6.84. The first-order valence-electron chi connectivity index (χ1n) is 8.45. The topological polar surface area (TPSA) is 91.8 Å². The van der Waals surface area contributed by atoms with Crippen LogP contribution in [0.5, 0.6) is 0 Å². The molecule has 0 saturated heterocycles. The Morgan fingerprint density at radius 3 is 2.42 bits per heavy atom. The lowest BCUT2D eigenvalue weighted by Gasteiger charge is -2.40. The van der Waals surface area contributed by atoms with Gasteiger partial charge in [-0.15, -0.1) is 24.0 Å². The van der Waals surface area contributed by atoms with Gasteiger partial charge >= 0.3 is 0 Å². The number of guanidine groups is 1. The van der Waals surface area contributed by atoms with Gasteiger partial charge in [0.15, 0.2) is 5.96 Å². The highest BCUT2D eigenvalue weighted by molar-refractivity contribution is 14.0. The molecule has 0 spiro atoms. The summed E-state index contributed by atoms with van der Waals surface area (Å²) in [6.07, 6.45) is 4.72. The second kappa shape index (κ2) is 12.3. The molecule has 144 valence electrons. The number of ether oxygens (including phenoxy) is 1. The maximum atomic E-state index is 11.4. The third-order valence-corrected chi connectivity index (χ3v) is 5.69. The smallest absolute Gasteiger partial charge is 0.211 e. The van der Waals surface area contributed by atoms with Crippen LogP contribution in [0, 0.1) is 5.41 Å². The molecule has 3 N–H and O–H groups in total. The zero-order chi connectivity index (χ0) is 17.2. The molecule has 0 atom stereocenters. The molecule has 1 fully saturated rings. The number of nitrogens with zero attached hydrogens (tertiary/aromatic N) is 1. The van der Waals surface area contributed by atoms with E-state index in [1.807, 2.05) is 6.92 Å². The van der Waals surface area contributed by atoms with E-state index in [0.717, 1.165) is 32.1 Å². The second-order valence-electron chi connectivity index (χ2n) is 6.02. The Labute approximate surface area is 163 Å². The summed E-state index contributed by atoms with van der Waals surface area (Å²) < 4.78 is 30.5. The average molecular weight is 476 g/mol. The minimum Gasteiger partial charge on any atom is -0.385 e. The molecule has 0 unspecified atom stereocenters. The molecule has 1 aliphatic carbocycles. The van der Waals surface area contributed by atoms with Crippen molar-refractivity contribution in [2.75, 3.05) is 45.6 Å². The summed E-state index contributed by atoms with van der Waals surface area (Å²) in [5, 5.41) is 6.38. The van der Waals surface area contributed by atoms with Crippen LogP contribution in [-0.4, -0.2) is 60.0 Å². The summed E-state index contributed by atoms with van der Waals surface area (Å²) in [5.41, 5.74) is 0.280. The van der Waals surface area contributed by atoms with E-state index in [4.69, 9.17) is 4.74 Å². The lowest BCUT2D eigenvalue weighted by molar-refractivity contribution is 0.0778. The van der Waals surface area contributed by atoms with Gasteiger partial charge in [0.1, 0.15) is 0 Å². The Kier molecular flexibility index (Phi) is 12.2. The van der Waals surface area contributed by atoms with Gasteiger partial charge in [0.2, 0.25) is 10.0 Å². The lowest BCUT2D eigenvalue weighted by Crippen LogP contribution is -2.43. The van der Waals surface area contributed by atoms with Gasteiger partial charge in [-0.3, -0.25) is 4.99 Å². The highest BCUT2D eigenvalue weighted by Gasteiger charge is 2.36. The number of hydrogen-bond acceptors (Lipinski definition) is 4. The lowest BCUT2D eigenvalue weighted by atomic mass is 9.67. The summed E-state index contributed by atoms with van der Waals surface area (Å²) in [7, 11) is -1.40. The largest absolute Gasteiger partial charge is 0.385 e. The van der Waals surface area contributed by atoms with Crippen LogP contribution >= 0.6 is 24.0 Å². The SMILES string of the molecule is CCNC(=NCC1(CCOC)CCC1)NCCNS(=O)(=O)CC.I. The van der Waals surface area contributed by atoms with E-state index in [-0.39, 0.29) is 35.1 Å². The van der Waals surface area contributed by atoms with Crippen LogP contribution in [0.3, 0.4) is 0 Å². The zero-order valence-electron chi connectivity index (χ0n) is 15.1. The Balaban J connectivity index is 0.00000529. The Bertz CT molecular complexity index is 467. The van der Waals surface area contributed by atoms with Crippen LogP contribution in [0.1, 0.15) is 39.5 Å². The zero-order valence-corrected chi connectivity index (χ0v) is 18.2. The Morgan fingerprint density at radius 1 is 1.21 bits per heavy atom. The molecule has 0 aromatic carbocycles. The molecule has 24 heavy (non-hydrogen) atoms. The van der Waals surface area contributed by atoms with Gasteiger partial charge in [-0.25, -0.2) is 13.1 Å². The van der Waals surface area contributed by atoms with Crippen molar-refractivity contribution in [1.82, 2.24) is 15.4 Å². The quantitative estimate of drug-likeness (QED) is 0.181. The number of halogens is 1. The first kappa shape index (κ1) is 23.9. The van der Waals surface area contributed by atoms with Crippen molar-refractivity contribution < 1.29 is 13.2 Å². The van der Waals surface area contributed by atoms with Crippen LogP contribution in [0.25, 0.3) is 0 Å². The number of sulfonamides is 1. The van der Waals surface area contributed by atoms with E-state index in [1.165, 1.54) is 19.3 Å². The molecular weight excluding hydrogens is 443 g/mol. The third kappa shape index (κ3) is 8.82. The molecule has 1 saturated carbocycles. The summed E-state index contributed by atoms with van der Waals surface area (Å²) in [6, 6.07) is 0. The van der Waals surface area contributed by atoms with Crippen molar-refractivity contribution in [2.45, 2.75) is 39.5 Å². The predicted octanol–water partition coefficient (Wildman–Crippen LogP) is 1.31. The van der Waals surface area contributed by atoms with Gasteiger partial charge in [0.25, 0.3) is 0 Å². The molecule has 0 aliphatic heterocycles. The standard InChI is InChI=1S/C15H32N4O3S.HI/c1-4-16-14(17-10-11-19-23(20,21)5-2)18-13-15(7-6-8-15)9-12-22-3;/h19H,4-13H2,1-3H3,(H2,16,17,18);1H.